The van der Waals surface area contributed by atoms with Crippen molar-refractivity contribution < 1.29 is 23.9 Å². The lowest BCUT2D eigenvalue weighted by molar-refractivity contribution is -0.145. The van der Waals surface area contributed by atoms with Gasteiger partial charge in [0.25, 0.3) is 0 Å². The maximum atomic E-state index is 13.8. The molecule has 0 aromatic heterocycles. The molecule has 6 rings (SSSR count). The highest BCUT2D eigenvalue weighted by molar-refractivity contribution is 6.35. The predicted molar refractivity (Wildman–Crippen MR) is 127 cm³/mol. The van der Waals surface area contributed by atoms with E-state index in [1.807, 2.05) is 31.2 Å². The molecule has 2 heterocycles. The number of fused-ring (bicyclic) bond motifs is 3. The van der Waals surface area contributed by atoms with E-state index in [9.17, 15) is 19.2 Å². The number of nitrogens with zero attached hydrogens (tertiary/aromatic N) is 1. The third-order valence-corrected chi connectivity index (χ3v) is 7.63. The highest BCUT2D eigenvalue weighted by atomic mass is 35.5. The number of amides is 2. The molecular weight excluding hydrogens is 466 g/mol. The highest BCUT2D eigenvalue weighted by Gasteiger charge is 2.74. The molecular formula is C28H20ClNO5. The Bertz CT molecular complexity index is 1390. The molecule has 0 saturated carbocycles. The minimum Gasteiger partial charge on any atom is -0.349 e. The summed E-state index contributed by atoms with van der Waals surface area (Å²) in [6, 6.07) is 20.8. The van der Waals surface area contributed by atoms with E-state index in [2.05, 4.69) is 0 Å². The van der Waals surface area contributed by atoms with Crippen LogP contribution in [-0.2, 0) is 20.9 Å². The SMILES string of the molecule is Cc1ccc(CN2C(=O)[C@H]3[C@@H](c4ccccc4Cl)OC4(C(=O)c5ccccc5C4=O)[C@@H]3C2=O)cc1. The van der Waals surface area contributed by atoms with E-state index in [-0.39, 0.29) is 17.7 Å². The van der Waals surface area contributed by atoms with E-state index in [0.29, 0.717) is 10.6 Å². The van der Waals surface area contributed by atoms with Crippen LogP contribution in [-0.4, -0.2) is 33.9 Å². The number of ether oxygens (including phenoxy) is 1. The first-order valence-corrected chi connectivity index (χ1v) is 11.7. The minimum atomic E-state index is -2.09. The Morgan fingerprint density at radius 3 is 2.06 bits per heavy atom. The normalized spacial score (nSPS) is 24.4. The van der Waals surface area contributed by atoms with Crippen molar-refractivity contribution in [3.05, 3.63) is 106 Å². The number of likely N-dealkylation sites (tertiary alicyclic amines) is 1. The van der Waals surface area contributed by atoms with Gasteiger partial charge in [-0.05, 0) is 18.6 Å². The Hall–Kier alpha value is -3.61. The largest absolute Gasteiger partial charge is 0.349 e. The maximum absolute atomic E-state index is 13.8. The molecule has 1 aliphatic carbocycles. The number of hydrogen-bond donors (Lipinski definition) is 0. The fourth-order valence-electron chi connectivity index (χ4n) is 5.60. The van der Waals surface area contributed by atoms with Crippen LogP contribution in [0.15, 0.2) is 72.8 Å². The van der Waals surface area contributed by atoms with Gasteiger partial charge in [0.1, 0.15) is 0 Å². The van der Waals surface area contributed by atoms with Crippen molar-refractivity contribution in [1.82, 2.24) is 4.90 Å². The first-order valence-electron chi connectivity index (χ1n) is 11.4. The molecule has 2 fully saturated rings. The summed E-state index contributed by atoms with van der Waals surface area (Å²) in [7, 11) is 0. The third kappa shape index (κ3) is 2.93. The van der Waals surface area contributed by atoms with E-state index in [1.54, 1.807) is 48.5 Å². The summed E-state index contributed by atoms with van der Waals surface area (Å²) in [5, 5.41) is 0.334. The van der Waals surface area contributed by atoms with Crippen LogP contribution in [0, 0.1) is 18.8 Å². The summed E-state index contributed by atoms with van der Waals surface area (Å²) >= 11 is 6.46. The number of halogens is 1. The van der Waals surface area contributed by atoms with E-state index < -0.39 is 46.9 Å². The number of hydrogen-bond acceptors (Lipinski definition) is 5. The average molecular weight is 486 g/mol. The molecule has 2 saturated heterocycles. The summed E-state index contributed by atoms with van der Waals surface area (Å²) in [5.74, 6) is -4.53. The van der Waals surface area contributed by atoms with Gasteiger partial charge in [-0.1, -0.05) is 83.9 Å². The molecule has 3 aliphatic rings. The predicted octanol–water partition coefficient (Wildman–Crippen LogP) is 4.34. The lowest BCUT2D eigenvalue weighted by atomic mass is 9.77. The second-order valence-electron chi connectivity index (χ2n) is 9.25. The van der Waals surface area contributed by atoms with Gasteiger partial charge in [-0.15, -0.1) is 0 Å². The van der Waals surface area contributed by atoms with Crippen LogP contribution >= 0.6 is 11.6 Å². The van der Waals surface area contributed by atoms with Crippen LogP contribution in [0.1, 0.15) is 43.5 Å². The Kier molecular flexibility index (Phi) is 4.82. The monoisotopic (exact) mass is 485 g/mol. The Morgan fingerprint density at radius 2 is 1.43 bits per heavy atom. The van der Waals surface area contributed by atoms with Crippen LogP contribution in [0.25, 0.3) is 0 Å². The summed E-state index contributed by atoms with van der Waals surface area (Å²) in [6.45, 7) is 2.00. The summed E-state index contributed by atoms with van der Waals surface area (Å²) < 4.78 is 6.25. The van der Waals surface area contributed by atoms with Gasteiger partial charge in [0.2, 0.25) is 29.0 Å². The van der Waals surface area contributed by atoms with Crippen LogP contribution in [0.4, 0.5) is 0 Å². The molecule has 2 amide bonds. The van der Waals surface area contributed by atoms with Gasteiger partial charge in [0, 0.05) is 21.7 Å². The second-order valence-corrected chi connectivity index (χ2v) is 9.66. The van der Waals surface area contributed by atoms with Crippen LogP contribution in [0.2, 0.25) is 5.02 Å². The van der Waals surface area contributed by atoms with E-state index in [1.165, 1.54) is 0 Å². The van der Waals surface area contributed by atoms with Gasteiger partial charge >= 0.3 is 0 Å². The van der Waals surface area contributed by atoms with Crippen molar-refractivity contribution in [2.24, 2.45) is 11.8 Å². The Balaban J connectivity index is 1.49. The number of imide groups is 1. The van der Waals surface area contributed by atoms with Gasteiger partial charge < -0.3 is 4.74 Å². The molecule has 1 spiro atoms. The number of aryl methyl sites for hydroxylation is 1. The van der Waals surface area contributed by atoms with E-state index in [0.717, 1.165) is 16.0 Å². The van der Waals surface area contributed by atoms with Gasteiger partial charge in [0.15, 0.2) is 0 Å². The third-order valence-electron chi connectivity index (χ3n) is 7.28. The van der Waals surface area contributed by atoms with Gasteiger partial charge in [-0.25, -0.2) is 0 Å². The lowest BCUT2D eigenvalue weighted by Gasteiger charge is -2.27. The Labute approximate surface area is 206 Å². The molecule has 3 atom stereocenters. The molecule has 3 aromatic carbocycles. The average Bonchev–Trinajstić information content (AvgIpc) is 3.42. The fraction of sp³-hybridized carbons (Fsp3) is 0.214. The lowest BCUT2D eigenvalue weighted by Crippen LogP contribution is -2.50. The molecule has 174 valence electrons. The first kappa shape index (κ1) is 21.9. The van der Waals surface area contributed by atoms with Crippen LogP contribution < -0.4 is 0 Å². The number of carbonyl (C=O) groups excluding carboxylic acids is 4. The first-order chi connectivity index (χ1) is 16.8. The number of carbonyl (C=O) groups is 4. The highest BCUT2D eigenvalue weighted by Crippen LogP contribution is 2.58. The molecule has 0 radical (unpaired) electrons. The minimum absolute atomic E-state index is 0.0472. The van der Waals surface area contributed by atoms with Gasteiger partial charge in [0.05, 0.1) is 24.5 Å². The van der Waals surface area contributed by atoms with Crippen molar-refractivity contribution in [3.63, 3.8) is 0 Å². The molecule has 3 aromatic rings. The summed E-state index contributed by atoms with van der Waals surface area (Å²) in [4.78, 5) is 56.2. The maximum Gasteiger partial charge on any atom is 0.237 e. The van der Waals surface area contributed by atoms with Crippen molar-refractivity contribution >= 4 is 35.0 Å². The number of Topliss-reactive ketones (excluding diaryl/α,β-unsaturated/α-hetero) is 2. The van der Waals surface area contributed by atoms with Crippen LogP contribution in [0.5, 0.6) is 0 Å². The topological polar surface area (TPSA) is 80.8 Å². The zero-order valence-corrected chi connectivity index (χ0v) is 19.5. The van der Waals surface area contributed by atoms with E-state index in [4.69, 9.17) is 16.3 Å². The molecule has 7 heteroatoms. The molecule has 0 unspecified atom stereocenters. The molecule has 0 N–H and O–H groups in total. The van der Waals surface area contributed by atoms with Crippen molar-refractivity contribution in [3.8, 4) is 0 Å². The smallest absolute Gasteiger partial charge is 0.237 e. The standard InChI is InChI=1S/C28H20ClNO5/c1-15-10-12-16(13-11-15)14-30-26(33)21-22(27(30)34)28(35-23(21)19-8-4-5-9-20(19)29)24(31)17-6-2-3-7-18(17)25(28)32/h2-13,21-23H,14H2,1H3/t21-,22+,23-/m1/s1. The second kappa shape index (κ2) is 7.70. The van der Waals surface area contributed by atoms with Crippen molar-refractivity contribution in [1.29, 1.82) is 0 Å². The number of rotatable bonds is 3. The fourth-order valence-corrected chi connectivity index (χ4v) is 5.84. The zero-order valence-electron chi connectivity index (χ0n) is 18.7. The van der Waals surface area contributed by atoms with Crippen molar-refractivity contribution in [2.75, 3.05) is 0 Å². The quantitative estimate of drug-likeness (QED) is 0.407. The summed E-state index contributed by atoms with van der Waals surface area (Å²) in [6.07, 6.45) is -1.02. The number of benzene rings is 3. The van der Waals surface area contributed by atoms with Crippen molar-refractivity contribution in [2.45, 2.75) is 25.2 Å². The summed E-state index contributed by atoms with van der Waals surface area (Å²) in [5.41, 5.74) is 0.606. The molecule has 0 bridgehead atoms. The van der Waals surface area contributed by atoms with Crippen LogP contribution in [0.3, 0.4) is 0 Å². The van der Waals surface area contributed by atoms with E-state index >= 15 is 0 Å². The Morgan fingerprint density at radius 1 is 0.829 bits per heavy atom. The number of ketones is 2. The zero-order chi connectivity index (χ0) is 24.5. The van der Waals surface area contributed by atoms with Gasteiger partial charge in [-0.3, -0.25) is 24.1 Å². The molecule has 6 nitrogen and oxygen atoms in total. The molecule has 35 heavy (non-hydrogen) atoms. The molecule has 2 aliphatic heterocycles. The van der Waals surface area contributed by atoms with Gasteiger partial charge in [-0.2, -0.15) is 0 Å².